The normalized spacial score (nSPS) is 11.1. The third-order valence-electron chi connectivity index (χ3n) is 4.07. The summed E-state index contributed by atoms with van der Waals surface area (Å²) in [6.07, 6.45) is 0. The van der Waals surface area contributed by atoms with Crippen LogP contribution in [0.15, 0.2) is 64.8 Å². The van der Waals surface area contributed by atoms with Crippen LogP contribution in [0.25, 0.3) is 16.9 Å². The maximum atomic E-state index is 9.57. The fourth-order valence-electron chi connectivity index (χ4n) is 2.77. The Labute approximate surface area is 159 Å². The molecule has 5 N–H and O–H groups in total. The second-order valence-corrected chi connectivity index (χ2v) is 5.88. The standard InChI is InChI=1S/C19H14N8O/c20-10-14-16(11-4-2-1-3-5-11)27-19(23-17(14)21)15(18(22)26-27)25-24-12-6-8-13(28)9-7-12/h1-9,28H,(H2,21,23)(H2,22,26). The molecule has 2 aromatic carbocycles. The Hall–Kier alpha value is -4.45. The zero-order chi connectivity index (χ0) is 19.7. The fourth-order valence-corrected chi connectivity index (χ4v) is 2.77. The molecule has 0 aliphatic carbocycles. The molecule has 4 rings (SSSR count). The van der Waals surface area contributed by atoms with E-state index in [-0.39, 0.29) is 34.3 Å². The molecule has 4 aromatic rings. The molecule has 0 unspecified atom stereocenters. The first-order valence-corrected chi connectivity index (χ1v) is 8.22. The number of anilines is 2. The molecule has 136 valence electrons. The zero-order valence-electron chi connectivity index (χ0n) is 14.5. The second-order valence-electron chi connectivity index (χ2n) is 5.88. The molecule has 9 nitrogen and oxygen atoms in total. The van der Waals surface area contributed by atoms with Crippen molar-refractivity contribution < 1.29 is 5.11 Å². The van der Waals surface area contributed by atoms with Gasteiger partial charge in [-0.15, -0.1) is 10.2 Å². The second kappa shape index (κ2) is 6.69. The van der Waals surface area contributed by atoms with E-state index < -0.39 is 0 Å². The predicted octanol–water partition coefficient (Wildman–Crippen LogP) is 3.55. The maximum Gasteiger partial charge on any atom is 0.187 e. The Morgan fingerprint density at radius 2 is 1.68 bits per heavy atom. The number of phenolic OH excluding ortho intramolecular Hbond substituents is 1. The maximum absolute atomic E-state index is 9.57. The van der Waals surface area contributed by atoms with Crippen LogP contribution >= 0.6 is 0 Å². The van der Waals surface area contributed by atoms with Gasteiger partial charge in [0, 0.05) is 5.56 Å². The Morgan fingerprint density at radius 3 is 2.36 bits per heavy atom. The van der Waals surface area contributed by atoms with E-state index in [2.05, 4.69) is 26.4 Å². The van der Waals surface area contributed by atoms with Crippen molar-refractivity contribution in [3.8, 4) is 23.1 Å². The first-order chi connectivity index (χ1) is 13.6. The van der Waals surface area contributed by atoms with Gasteiger partial charge in [0.15, 0.2) is 17.2 Å². The molecule has 2 aromatic heterocycles. The lowest BCUT2D eigenvalue weighted by Crippen LogP contribution is -2.05. The first kappa shape index (κ1) is 17.0. The summed E-state index contributed by atoms with van der Waals surface area (Å²) in [6, 6.07) is 17.5. The number of hydrogen-bond acceptors (Lipinski definition) is 8. The van der Waals surface area contributed by atoms with E-state index in [4.69, 9.17) is 11.5 Å². The van der Waals surface area contributed by atoms with Crippen molar-refractivity contribution in [2.45, 2.75) is 0 Å². The molecule has 0 saturated carbocycles. The van der Waals surface area contributed by atoms with Gasteiger partial charge in [0.1, 0.15) is 23.2 Å². The van der Waals surface area contributed by atoms with Crippen molar-refractivity contribution in [1.82, 2.24) is 14.6 Å². The van der Waals surface area contributed by atoms with E-state index in [1.165, 1.54) is 16.6 Å². The number of aromatic hydroxyl groups is 1. The van der Waals surface area contributed by atoms with E-state index in [0.29, 0.717) is 11.4 Å². The predicted molar refractivity (Wildman–Crippen MR) is 104 cm³/mol. The van der Waals surface area contributed by atoms with Crippen LogP contribution in [0, 0.1) is 11.3 Å². The van der Waals surface area contributed by atoms with Gasteiger partial charge in [-0.2, -0.15) is 10.4 Å². The third-order valence-corrected chi connectivity index (χ3v) is 4.07. The number of fused-ring (bicyclic) bond motifs is 1. The minimum absolute atomic E-state index is 0.0508. The topological polar surface area (TPSA) is 151 Å². The molecule has 0 atom stereocenters. The average molecular weight is 370 g/mol. The molecule has 9 heteroatoms. The van der Waals surface area contributed by atoms with Crippen molar-refractivity contribution in [3.63, 3.8) is 0 Å². The number of nitriles is 1. The number of rotatable bonds is 3. The summed E-state index contributed by atoms with van der Waals surface area (Å²) >= 11 is 0. The quantitative estimate of drug-likeness (QED) is 0.469. The average Bonchev–Trinajstić information content (AvgIpc) is 3.01. The van der Waals surface area contributed by atoms with Crippen LogP contribution in [0.4, 0.5) is 23.0 Å². The van der Waals surface area contributed by atoms with Gasteiger partial charge in [-0.3, -0.25) is 0 Å². The van der Waals surface area contributed by atoms with E-state index in [9.17, 15) is 10.4 Å². The molecule has 0 aliphatic rings. The first-order valence-electron chi connectivity index (χ1n) is 8.22. The molecule has 0 fully saturated rings. The summed E-state index contributed by atoms with van der Waals surface area (Å²) in [5, 5.41) is 31.5. The van der Waals surface area contributed by atoms with E-state index in [1.807, 2.05) is 30.3 Å². The van der Waals surface area contributed by atoms with Crippen LogP contribution in [-0.4, -0.2) is 19.7 Å². The van der Waals surface area contributed by atoms with Crippen LogP contribution in [0.2, 0.25) is 0 Å². The summed E-state index contributed by atoms with van der Waals surface area (Å²) in [5.74, 6) is 0.275. The number of hydrogen-bond donors (Lipinski definition) is 3. The van der Waals surface area contributed by atoms with Crippen LogP contribution in [-0.2, 0) is 0 Å². The summed E-state index contributed by atoms with van der Waals surface area (Å²) in [5.41, 5.74) is 14.5. The molecule has 0 radical (unpaired) electrons. The number of azo groups is 1. The van der Waals surface area contributed by atoms with Gasteiger partial charge in [0.05, 0.1) is 11.4 Å². The SMILES string of the molecule is N#Cc1c(N)nc2c(N=Nc3ccc(O)cc3)c(N)nn2c1-c1ccccc1. The minimum atomic E-state index is 0.0508. The van der Waals surface area contributed by atoms with E-state index >= 15 is 0 Å². The summed E-state index contributed by atoms with van der Waals surface area (Å²) in [7, 11) is 0. The summed E-state index contributed by atoms with van der Waals surface area (Å²) in [6.45, 7) is 0. The Kier molecular flexibility index (Phi) is 4.06. The van der Waals surface area contributed by atoms with Crippen LogP contribution in [0.1, 0.15) is 5.56 Å². The molecule has 0 amide bonds. The smallest absolute Gasteiger partial charge is 0.187 e. The van der Waals surface area contributed by atoms with Crippen molar-refractivity contribution in [3.05, 3.63) is 60.2 Å². The number of nitrogens with zero attached hydrogens (tertiary/aromatic N) is 6. The van der Waals surface area contributed by atoms with Gasteiger partial charge in [0.2, 0.25) is 0 Å². The Morgan fingerprint density at radius 1 is 0.964 bits per heavy atom. The lowest BCUT2D eigenvalue weighted by atomic mass is 10.1. The van der Waals surface area contributed by atoms with Crippen LogP contribution in [0.5, 0.6) is 5.75 Å². The minimum Gasteiger partial charge on any atom is -0.508 e. The summed E-state index contributed by atoms with van der Waals surface area (Å²) < 4.78 is 1.45. The number of nitrogen functional groups attached to an aromatic ring is 2. The number of phenols is 1. The monoisotopic (exact) mass is 370 g/mol. The van der Waals surface area contributed by atoms with E-state index in [0.717, 1.165) is 5.56 Å². The van der Waals surface area contributed by atoms with Gasteiger partial charge < -0.3 is 16.6 Å². The molecule has 0 saturated heterocycles. The van der Waals surface area contributed by atoms with Crippen molar-refractivity contribution in [2.24, 2.45) is 10.2 Å². The summed E-state index contributed by atoms with van der Waals surface area (Å²) in [4.78, 5) is 4.26. The Balaban J connectivity index is 1.93. The highest BCUT2D eigenvalue weighted by Gasteiger charge is 2.21. The molecular weight excluding hydrogens is 356 g/mol. The molecular formula is C19H14N8O. The largest absolute Gasteiger partial charge is 0.508 e. The van der Waals surface area contributed by atoms with Crippen molar-refractivity contribution in [2.75, 3.05) is 11.5 Å². The molecule has 0 bridgehead atoms. The highest BCUT2D eigenvalue weighted by atomic mass is 16.3. The molecule has 0 spiro atoms. The Bertz CT molecular complexity index is 1240. The fraction of sp³-hybridized carbons (Fsp3) is 0. The van der Waals surface area contributed by atoms with Gasteiger partial charge in [-0.25, -0.2) is 9.50 Å². The lowest BCUT2D eigenvalue weighted by molar-refractivity contribution is 0.475. The number of aromatic nitrogens is 3. The van der Waals surface area contributed by atoms with Gasteiger partial charge in [-0.05, 0) is 24.3 Å². The zero-order valence-corrected chi connectivity index (χ0v) is 14.5. The molecule has 0 aliphatic heterocycles. The molecule has 2 heterocycles. The molecule has 28 heavy (non-hydrogen) atoms. The number of benzene rings is 2. The van der Waals surface area contributed by atoms with Crippen LogP contribution in [0.3, 0.4) is 0 Å². The van der Waals surface area contributed by atoms with Crippen molar-refractivity contribution in [1.29, 1.82) is 5.26 Å². The van der Waals surface area contributed by atoms with Gasteiger partial charge in [-0.1, -0.05) is 30.3 Å². The van der Waals surface area contributed by atoms with Gasteiger partial charge in [0.25, 0.3) is 0 Å². The van der Waals surface area contributed by atoms with Crippen LogP contribution < -0.4 is 11.5 Å². The highest BCUT2D eigenvalue weighted by molar-refractivity contribution is 5.83. The van der Waals surface area contributed by atoms with E-state index in [1.54, 1.807) is 12.1 Å². The van der Waals surface area contributed by atoms with Gasteiger partial charge >= 0.3 is 0 Å². The highest BCUT2D eigenvalue weighted by Crippen LogP contribution is 2.34. The van der Waals surface area contributed by atoms with Crippen molar-refractivity contribution >= 4 is 28.7 Å². The number of nitrogens with two attached hydrogens (primary N) is 2. The third kappa shape index (κ3) is 2.85. The lowest BCUT2D eigenvalue weighted by Gasteiger charge is -2.09.